The Morgan fingerprint density at radius 2 is 1.43 bits per heavy atom. The fraction of sp³-hybridized carbons (Fsp3) is 0.0690. The molecule has 0 aliphatic rings. The van der Waals surface area contributed by atoms with Crippen molar-refractivity contribution in [3.05, 3.63) is 113 Å². The Morgan fingerprint density at radius 1 is 0.800 bits per heavy atom. The van der Waals surface area contributed by atoms with Crippen molar-refractivity contribution in [3.63, 3.8) is 0 Å². The van der Waals surface area contributed by atoms with Crippen LogP contribution in [0.5, 0.6) is 0 Å². The lowest BCUT2D eigenvalue weighted by atomic mass is 10.1. The first kappa shape index (κ1) is 20.9. The molecule has 0 aliphatic carbocycles. The molecule has 6 rings (SSSR count). The molecule has 0 spiro atoms. The van der Waals surface area contributed by atoms with Gasteiger partial charge in [0.05, 0.1) is 22.1 Å². The SMILES string of the molecule is O=C(Cn1c2ccccc2c(=O)c2ccccc21)NCc1ccc(-c2nc3ccccc3[nH]2)cc1. The van der Waals surface area contributed by atoms with Crippen LogP contribution in [-0.4, -0.2) is 20.4 Å². The Bertz CT molecular complexity index is 1670. The van der Waals surface area contributed by atoms with Gasteiger partial charge in [-0.2, -0.15) is 0 Å². The minimum absolute atomic E-state index is 0.0163. The quantitative estimate of drug-likeness (QED) is 0.356. The lowest BCUT2D eigenvalue weighted by molar-refractivity contribution is -0.121. The van der Waals surface area contributed by atoms with E-state index in [0.29, 0.717) is 17.3 Å². The van der Waals surface area contributed by atoms with E-state index in [1.807, 2.05) is 102 Å². The number of hydrogen-bond donors (Lipinski definition) is 2. The number of aromatic amines is 1. The first-order valence-corrected chi connectivity index (χ1v) is 11.5. The number of fused-ring (bicyclic) bond motifs is 3. The second-order valence-corrected chi connectivity index (χ2v) is 8.53. The maximum Gasteiger partial charge on any atom is 0.240 e. The fourth-order valence-electron chi connectivity index (χ4n) is 4.52. The molecule has 0 bridgehead atoms. The van der Waals surface area contributed by atoms with Gasteiger partial charge in [-0.05, 0) is 42.0 Å². The predicted octanol–water partition coefficient (Wildman–Crippen LogP) is 5.01. The molecule has 2 aromatic heterocycles. The monoisotopic (exact) mass is 458 g/mol. The fourth-order valence-corrected chi connectivity index (χ4v) is 4.52. The number of hydrogen-bond acceptors (Lipinski definition) is 3. The van der Waals surface area contributed by atoms with E-state index in [1.165, 1.54) is 0 Å². The molecule has 2 N–H and O–H groups in total. The number of benzene rings is 4. The number of imidazole rings is 1. The topological polar surface area (TPSA) is 79.8 Å². The number of aromatic nitrogens is 3. The molecule has 6 heteroatoms. The van der Waals surface area contributed by atoms with E-state index in [2.05, 4.69) is 15.3 Å². The average Bonchev–Trinajstić information content (AvgIpc) is 3.35. The van der Waals surface area contributed by atoms with Crippen LogP contribution in [0.15, 0.2) is 102 Å². The number of para-hydroxylation sites is 4. The molecule has 0 radical (unpaired) electrons. The van der Waals surface area contributed by atoms with Crippen LogP contribution in [0.3, 0.4) is 0 Å². The molecule has 6 aromatic rings. The van der Waals surface area contributed by atoms with Crippen molar-refractivity contribution in [3.8, 4) is 11.4 Å². The largest absolute Gasteiger partial charge is 0.350 e. The number of nitrogens with one attached hydrogen (secondary N) is 2. The molecule has 0 atom stereocenters. The van der Waals surface area contributed by atoms with Crippen LogP contribution in [0.1, 0.15) is 5.56 Å². The van der Waals surface area contributed by atoms with E-state index in [9.17, 15) is 9.59 Å². The Kier molecular flexibility index (Phi) is 5.11. The van der Waals surface area contributed by atoms with Gasteiger partial charge in [-0.15, -0.1) is 0 Å². The molecule has 0 saturated heterocycles. The van der Waals surface area contributed by atoms with Gasteiger partial charge in [0.2, 0.25) is 5.91 Å². The van der Waals surface area contributed by atoms with Gasteiger partial charge in [0.1, 0.15) is 12.4 Å². The van der Waals surface area contributed by atoms with Gasteiger partial charge in [0.25, 0.3) is 0 Å². The number of amides is 1. The van der Waals surface area contributed by atoms with Crippen LogP contribution < -0.4 is 10.7 Å². The summed E-state index contributed by atoms with van der Waals surface area (Å²) < 4.78 is 1.91. The van der Waals surface area contributed by atoms with E-state index in [0.717, 1.165) is 39.0 Å². The molecule has 0 fully saturated rings. The number of carbonyl (C=O) groups is 1. The number of pyridine rings is 1. The lowest BCUT2D eigenvalue weighted by Gasteiger charge is -2.15. The summed E-state index contributed by atoms with van der Waals surface area (Å²) in [6.07, 6.45) is 0. The highest BCUT2D eigenvalue weighted by atomic mass is 16.2. The van der Waals surface area contributed by atoms with Crippen LogP contribution in [-0.2, 0) is 17.9 Å². The third kappa shape index (κ3) is 3.85. The van der Waals surface area contributed by atoms with E-state index in [-0.39, 0.29) is 17.9 Å². The maximum absolute atomic E-state index is 12.9. The molecule has 0 aliphatic heterocycles. The molecular weight excluding hydrogens is 436 g/mol. The van der Waals surface area contributed by atoms with Crippen LogP contribution >= 0.6 is 0 Å². The maximum atomic E-state index is 12.9. The van der Waals surface area contributed by atoms with Crippen molar-refractivity contribution in [1.29, 1.82) is 0 Å². The molecule has 4 aromatic carbocycles. The summed E-state index contributed by atoms with van der Waals surface area (Å²) in [5.41, 5.74) is 5.40. The normalized spacial score (nSPS) is 11.3. The summed E-state index contributed by atoms with van der Waals surface area (Å²) in [4.78, 5) is 33.8. The van der Waals surface area contributed by atoms with E-state index in [4.69, 9.17) is 0 Å². The standard InChI is InChI=1S/C29H22N4O2/c34-27(18-33-25-11-5-1-7-21(25)28(35)22-8-2-6-12-26(22)33)30-17-19-13-15-20(16-14-19)29-31-23-9-3-4-10-24(23)32-29/h1-16H,17-18H2,(H,30,34)(H,31,32). The number of H-pyrrole nitrogens is 1. The molecular formula is C29H22N4O2. The lowest BCUT2D eigenvalue weighted by Crippen LogP contribution is -2.28. The average molecular weight is 459 g/mol. The van der Waals surface area contributed by atoms with Crippen molar-refractivity contribution >= 4 is 38.7 Å². The van der Waals surface area contributed by atoms with Gasteiger partial charge in [-0.3, -0.25) is 9.59 Å². The van der Waals surface area contributed by atoms with Gasteiger partial charge in [-0.25, -0.2) is 4.98 Å². The highest BCUT2D eigenvalue weighted by Gasteiger charge is 2.13. The van der Waals surface area contributed by atoms with Gasteiger partial charge < -0.3 is 14.9 Å². The zero-order chi connectivity index (χ0) is 23.8. The van der Waals surface area contributed by atoms with Gasteiger partial charge in [-0.1, -0.05) is 60.7 Å². The van der Waals surface area contributed by atoms with Crippen LogP contribution in [0.4, 0.5) is 0 Å². The Hall–Kier alpha value is -4.71. The number of nitrogens with zero attached hydrogens (tertiary/aromatic N) is 2. The minimum atomic E-state index is -0.120. The molecule has 1 amide bonds. The summed E-state index contributed by atoms with van der Waals surface area (Å²) in [5, 5.41) is 4.23. The number of rotatable bonds is 5. The van der Waals surface area contributed by atoms with E-state index < -0.39 is 0 Å². The van der Waals surface area contributed by atoms with Crippen molar-refractivity contribution in [2.75, 3.05) is 0 Å². The highest BCUT2D eigenvalue weighted by molar-refractivity contribution is 5.94. The summed E-state index contributed by atoms with van der Waals surface area (Å²) in [6, 6.07) is 30.8. The highest BCUT2D eigenvalue weighted by Crippen LogP contribution is 2.21. The molecule has 0 unspecified atom stereocenters. The summed E-state index contributed by atoms with van der Waals surface area (Å²) in [7, 11) is 0. The van der Waals surface area contributed by atoms with Crippen LogP contribution in [0.2, 0.25) is 0 Å². The number of carbonyl (C=O) groups excluding carboxylic acids is 1. The smallest absolute Gasteiger partial charge is 0.240 e. The summed E-state index contributed by atoms with van der Waals surface area (Å²) in [6.45, 7) is 0.535. The third-order valence-corrected chi connectivity index (χ3v) is 6.29. The minimum Gasteiger partial charge on any atom is -0.350 e. The first-order valence-electron chi connectivity index (χ1n) is 11.5. The first-order chi connectivity index (χ1) is 17.2. The van der Waals surface area contributed by atoms with Crippen molar-refractivity contribution in [2.45, 2.75) is 13.1 Å². The zero-order valence-electron chi connectivity index (χ0n) is 18.9. The second-order valence-electron chi connectivity index (χ2n) is 8.53. The van der Waals surface area contributed by atoms with E-state index in [1.54, 1.807) is 0 Å². The van der Waals surface area contributed by atoms with Gasteiger partial charge in [0.15, 0.2) is 5.43 Å². The van der Waals surface area contributed by atoms with Gasteiger partial charge in [0, 0.05) is 22.9 Å². The Balaban J connectivity index is 1.21. The van der Waals surface area contributed by atoms with Crippen molar-refractivity contribution < 1.29 is 4.79 Å². The Labute approximate surface area is 200 Å². The zero-order valence-corrected chi connectivity index (χ0v) is 18.9. The van der Waals surface area contributed by atoms with Crippen molar-refractivity contribution in [1.82, 2.24) is 19.9 Å². The molecule has 0 saturated carbocycles. The second kappa shape index (κ2) is 8.57. The molecule has 170 valence electrons. The summed E-state index contributed by atoms with van der Waals surface area (Å²) in [5.74, 6) is 0.698. The van der Waals surface area contributed by atoms with Crippen LogP contribution in [0.25, 0.3) is 44.2 Å². The molecule has 6 nitrogen and oxygen atoms in total. The predicted molar refractivity (Wildman–Crippen MR) is 139 cm³/mol. The van der Waals surface area contributed by atoms with Gasteiger partial charge >= 0.3 is 0 Å². The van der Waals surface area contributed by atoms with E-state index >= 15 is 0 Å². The summed E-state index contributed by atoms with van der Waals surface area (Å²) >= 11 is 0. The molecule has 35 heavy (non-hydrogen) atoms. The third-order valence-electron chi connectivity index (χ3n) is 6.29. The van der Waals surface area contributed by atoms with Crippen LogP contribution in [0, 0.1) is 0 Å². The van der Waals surface area contributed by atoms with Crippen molar-refractivity contribution in [2.24, 2.45) is 0 Å². The Morgan fingerprint density at radius 3 is 2.11 bits per heavy atom. The molecule has 2 heterocycles.